The average molecular weight is 379 g/mol. The summed E-state index contributed by atoms with van der Waals surface area (Å²) in [6.07, 6.45) is 0. The molecule has 0 saturated heterocycles. The molecule has 0 saturated carbocycles. The fourth-order valence-corrected chi connectivity index (χ4v) is 2.44. The maximum Gasteiger partial charge on any atom is 0.340 e. The van der Waals surface area contributed by atoms with Gasteiger partial charge in [-0.15, -0.1) is 0 Å². The Hall–Kier alpha value is -2.93. The molecule has 0 fully saturated rings. The summed E-state index contributed by atoms with van der Waals surface area (Å²) < 4.78 is 15.2. The van der Waals surface area contributed by atoms with Crippen LogP contribution in [0.3, 0.4) is 0 Å². The van der Waals surface area contributed by atoms with Gasteiger partial charge in [-0.05, 0) is 18.2 Å². The van der Waals surface area contributed by atoms with Gasteiger partial charge in [0.2, 0.25) is 5.91 Å². The standard InChI is InChI=1S/C18H19ClN2O5/c1-24-15-8-13(18(23)26-3)14(9-16(15)25-2)20-10-17(22)21-12-6-4-5-11(19)7-12/h4-9,20H,10H2,1-3H3,(H,21,22). The van der Waals surface area contributed by atoms with Crippen LogP contribution in [0.25, 0.3) is 0 Å². The Morgan fingerprint density at radius 2 is 1.73 bits per heavy atom. The fraction of sp³-hybridized carbons (Fsp3) is 0.222. The van der Waals surface area contributed by atoms with E-state index in [1.54, 1.807) is 30.3 Å². The van der Waals surface area contributed by atoms with E-state index in [1.807, 2.05) is 0 Å². The summed E-state index contributed by atoms with van der Waals surface area (Å²) in [5.74, 6) is -0.0821. The third kappa shape index (κ3) is 4.80. The van der Waals surface area contributed by atoms with Gasteiger partial charge in [-0.2, -0.15) is 0 Å². The van der Waals surface area contributed by atoms with Gasteiger partial charge >= 0.3 is 5.97 Å². The highest BCUT2D eigenvalue weighted by Crippen LogP contribution is 2.33. The van der Waals surface area contributed by atoms with Gasteiger partial charge < -0.3 is 24.8 Å². The van der Waals surface area contributed by atoms with E-state index in [1.165, 1.54) is 27.4 Å². The van der Waals surface area contributed by atoms with Crippen LogP contribution in [0.1, 0.15) is 10.4 Å². The highest BCUT2D eigenvalue weighted by Gasteiger charge is 2.18. The lowest BCUT2D eigenvalue weighted by atomic mass is 10.1. The summed E-state index contributed by atoms with van der Waals surface area (Å²) in [5.41, 5.74) is 1.18. The SMILES string of the molecule is COC(=O)c1cc(OC)c(OC)cc1NCC(=O)Nc1cccc(Cl)c1. The Morgan fingerprint density at radius 3 is 2.35 bits per heavy atom. The van der Waals surface area contributed by atoms with E-state index in [2.05, 4.69) is 10.6 Å². The van der Waals surface area contributed by atoms with Crippen molar-refractivity contribution in [3.05, 3.63) is 47.0 Å². The minimum absolute atomic E-state index is 0.0774. The smallest absolute Gasteiger partial charge is 0.340 e. The van der Waals surface area contributed by atoms with Gasteiger partial charge in [0.15, 0.2) is 11.5 Å². The summed E-state index contributed by atoms with van der Waals surface area (Å²) >= 11 is 5.89. The number of carbonyl (C=O) groups excluding carboxylic acids is 2. The average Bonchev–Trinajstić information content (AvgIpc) is 2.64. The molecule has 26 heavy (non-hydrogen) atoms. The summed E-state index contributed by atoms with van der Waals surface area (Å²) in [6, 6.07) is 9.85. The number of hydrogen-bond donors (Lipinski definition) is 2. The molecular formula is C18H19ClN2O5. The highest BCUT2D eigenvalue weighted by atomic mass is 35.5. The van der Waals surface area contributed by atoms with E-state index in [0.717, 1.165) is 0 Å². The van der Waals surface area contributed by atoms with Crippen LogP contribution in [0.2, 0.25) is 5.02 Å². The van der Waals surface area contributed by atoms with Crippen LogP contribution in [-0.4, -0.2) is 39.8 Å². The zero-order valence-corrected chi connectivity index (χ0v) is 15.3. The molecule has 2 rings (SSSR count). The molecule has 7 nitrogen and oxygen atoms in total. The van der Waals surface area contributed by atoms with Crippen LogP contribution >= 0.6 is 11.6 Å². The van der Waals surface area contributed by atoms with Crippen molar-refractivity contribution in [1.82, 2.24) is 0 Å². The number of esters is 1. The first kappa shape index (κ1) is 19.4. The maximum atomic E-state index is 12.1. The molecule has 0 atom stereocenters. The third-order valence-electron chi connectivity index (χ3n) is 3.48. The molecule has 0 spiro atoms. The number of halogens is 1. The molecule has 8 heteroatoms. The Bertz CT molecular complexity index is 810. The van der Waals surface area contributed by atoms with E-state index < -0.39 is 5.97 Å². The first-order valence-electron chi connectivity index (χ1n) is 7.62. The molecule has 0 heterocycles. The van der Waals surface area contributed by atoms with Crippen molar-refractivity contribution in [3.63, 3.8) is 0 Å². The molecule has 0 radical (unpaired) electrons. The number of hydrogen-bond acceptors (Lipinski definition) is 6. The maximum absolute atomic E-state index is 12.1. The number of amides is 1. The predicted octanol–water partition coefficient (Wildman–Crippen LogP) is 3.19. The number of methoxy groups -OCH3 is 3. The number of ether oxygens (including phenoxy) is 3. The van der Waals surface area contributed by atoms with E-state index in [4.69, 9.17) is 25.8 Å². The lowest BCUT2D eigenvalue weighted by Gasteiger charge is -2.15. The van der Waals surface area contributed by atoms with Gasteiger partial charge in [0, 0.05) is 22.8 Å². The number of carbonyl (C=O) groups is 2. The van der Waals surface area contributed by atoms with Gasteiger partial charge in [0.1, 0.15) is 0 Å². The molecule has 138 valence electrons. The monoisotopic (exact) mass is 378 g/mol. The van der Waals surface area contributed by atoms with Gasteiger partial charge in [0.05, 0.1) is 39.1 Å². The normalized spacial score (nSPS) is 10.0. The van der Waals surface area contributed by atoms with Crippen molar-refractivity contribution in [3.8, 4) is 11.5 Å². The molecule has 2 N–H and O–H groups in total. The van der Waals surface area contributed by atoms with Gasteiger partial charge in [-0.3, -0.25) is 4.79 Å². The zero-order chi connectivity index (χ0) is 19.1. The zero-order valence-electron chi connectivity index (χ0n) is 14.6. The minimum Gasteiger partial charge on any atom is -0.493 e. The Balaban J connectivity index is 2.16. The number of anilines is 2. The van der Waals surface area contributed by atoms with Crippen molar-refractivity contribution in [1.29, 1.82) is 0 Å². The summed E-state index contributed by atoms with van der Waals surface area (Å²) in [6.45, 7) is -0.0774. The van der Waals surface area contributed by atoms with Crippen LogP contribution < -0.4 is 20.1 Å². The highest BCUT2D eigenvalue weighted by molar-refractivity contribution is 6.30. The van der Waals surface area contributed by atoms with E-state index in [0.29, 0.717) is 27.9 Å². The second kappa shape index (κ2) is 8.96. The molecule has 0 unspecified atom stereocenters. The molecule has 0 aliphatic rings. The third-order valence-corrected chi connectivity index (χ3v) is 3.71. The fourth-order valence-electron chi connectivity index (χ4n) is 2.25. The number of rotatable bonds is 7. The Kier molecular flexibility index (Phi) is 6.68. The van der Waals surface area contributed by atoms with Crippen molar-refractivity contribution < 1.29 is 23.8 Å². The molecule has 1 amide bonds. The van der Waals surface area contributed by atoms with Gasteiger partial charge in [0.25, 0.3) is 0 Å². The van der Waals surface area contributed by atoms with Crippen LogP contribution in [0.15, 0.2) is 36.4 Å². The first-order valence-corrected chi connectivity index (χ1v) is 8.00. The van der Waals surface area contributed by atoms with E-state index in [-0.39, 0.29) is 18.0 Å². The van der Waals surface area contributed by atoms with Crippen LogP contribution in [0, 0.1) is 0 Å². The molecule has 0 aromatic heterocycles. The number of benzene rings is 2. The van der Waals surface area contributed by atoms with E-state index in [9.17, 15) is 9.59 Å². The molecule has 0 aliphatic heterocycles. The van der Waals surface area contributed by atoms with Crippen molar-refractivity contribution >= 4 is 34.9 Å². The van der Waals surface area contributed by atoms with Gasteiger partial charge in [-0.25, -0.2) is 4.79 Å². The van der Waals surface area contributed by atoms with Crippen molar-refractivity contribution in [2.75, 3.05) is 38.5 Å². The topological polar surface area (TPSA) is 85.9 Å². The lowest BCUT2D eigenvalue weighted by Crippen LogP contribution is -2.22. The predicted molar refractivity (Wildman–Crippen MR) is 99.5 cm³/mol. The summed E-state index contributed by atoms with van der Waals surface area (Å²) in [7, 11) is 4.21. The summed E-state index contributed by atoms with van der Waals surface area (Å²) in [4.78, 5) is 24.1. The summed E-state index contributed by atoms with van der Waals surface area (Å²) in [5, 5.41) is 6.13. The molecule has 0 aliphatic carbocycles. The van der Waals surface area contributed by atoms with Crippen molar-refractivity contribution in [2.45, 2.75) is 0 Å². The second-order valence-corrected chi connectivity index (χ2v) is 5.59. The number of nitrogens with one attached hydrogen (secondary N) is 2. The van der Waals surface area contributed by atoms with Crippen LogP contribution in [0.5, 0.6) is 11.5 Å². The lowest BCUT2D eigenvalue weighted by molar-refractivity contribution is -0.114. The largest absolute Gasteiger partial charge is 0.493 e. The Labute approximate surface area is 156 Å². The van der Waals surface area contributed by atoms with Crippen LogP contribution in [-0.2, 0) is 9.53 Å². The minimum atomic E-state index is -0.566. The second-order valence-electron chi connectivity index (χ2n) is 5.16. The quantitative estimate of drug-likeness (QED) is 0.719. The molecule has 2 aromatic rings. The molecular weight excluding hydrogens is 360 g/mol. The van der Waals surface area contributed by atoms with Crippen LogP contribution in [0.4, 0.5) is 11.4 Å². The first-order chi connectivity index (χ1) is 12.5. The molecule has 2 aromatic carbocycles. The van der Waals surface area contributed by atoms with Gasteiger partial charge in [-0.1, -0.05) is 17.7 Å². The van der Waals surface area contributed by atoms with E-state index >= 15 is 0 Å². The van der Waals surface area contributed by atoms with Crippen molar-refractivity contribution in [2.24, 2.45) is 0 Å². The molecule has 0 bridgehead atoms. The Morgan fingerprint density at radius 1 is 1.04 bits per heavy atom.